The van der Waals surface area contributed by atoms with E-state index in [1.54, 1.807) is 28.6 Å². The zero-order valence-corrected chi connectivity index (χ0v) is 12.8. The van der Waals surface area contributed by atoms with E-state index in [-0.39, 0.29) is 17.0 Å². The van der Waals surface area contributed by atoms with Crippen molar-refractivity contribution in [2.45, 2.75) is 43.2 Å². The Kier molecular flexibility index (Phi) is 4.67. The molecule has 0 radical (unpaired) electrons. The molecule has 5 nitrogen and oxygen atoms in total. The average molecular weight is 298 g/mol. The molecular formula is C14H22N2O3S. The number of para-hydroxylation sites is 1. The van der Waals surface area contributed by atoms with Gasteiger partial charge in [0.25, 0.3) is 0 Å². The van der Waals surface area contributed by atoms with Gasteiger partial charge in [0.1, 0.15) is 10.6 Å². The normalized spacial score (nSPS) is 22.4. The van der Waals surface area contributed by atoms with E-state index in [2.05, 4.69) is 0 Å². The van der Waals surface area contributed by atoms with Gasteiger partial charge in [0.05, 0.1) is 7.11 Å². The first-order chi connectivity index (χ1) is 9.48. The van der Waals surface area contributed by atoms with Crippen molar-refractivity contribution in [3.63, 3.8) is 0 Å². The van der Waals surface area contributed by atoms with Gasteiger partial charge in [0.15, 0.2) is 0 Å². The van der Waals surface area contributed by atoms with Crippen LogP contribution in [0.4, 0.5) is 0 Å². The van der Waals surface area contributed by atoms with Crippen molar-refractivity contribution in [1.82, 2.24) is 4.31 Å². The second-order valence-electron chi connectivity index (χ2n) is 5.19. The maximum Gasteiger partial charge on any atom is 0.247 e. The number of nitrogens with zero attached hydrogens (tertiary/aromatic N) is 1. The molecule has 0 spiro atoms. The largest absolute Gasteiger partial charge is 0.495 e. The number of sulfonamides is 1. The first-order valence-corrected chi connectivity index (χ1v) is 8.33. The summed E-state index contributed by atoms with van der Waals surface area (Å²) >= 11 is 0. The number of nitrogens with two attached hydrogens (primary N) is 1. The molecule has 1 saturated heterocycles. The third-order valence-electron chi connectivity index (χ3n) is 3.76. The Morgan fingerprint density at radius 1 is 1.35 bits per heavy atom. The number of methoxy groups -OCH3 is 1. The SMILES string of the molecule is COc1ccccc1S(=O)(=O)N1CCCC[C@@H]1[C@H](C)N. The number of hydrogen-bond donors (Lipinski definition) is 1. The number of rotatable bonds is 4. The predicted molar refractivity (Wildman–Crippen MR) is 78.2 cm³/mol. The minimum atomic E-state index is -3.57. The van der Waals surface area contributed by atoms with Crippen molar-refractivity contribution in [1.29, 1.82) is 0 Å². The molecule has 6 heteroatoms. The zero-order valence-electron chi connectivity index (χ0n) is 12.0. The van der Waals surface area contributed by atoms with Crippen LogP contribution in [0.2, 0.25) is 0 Å². The lowest BCUT2D eigenvalue weighted by Crippen LogP contribution is -2.51. The van der Waals surface area contributed by atoms with Gasteiger partial charge >= 0.3 is 0 Å². The van der Waals surface area contributed by atoms with E-state index in [1.807, 2.05) is 6.92 Å². The van der Waals surface area contributed by atoms with Crippen LogP contribution >= 0.6 is 0 Å². The standard InChI is InChI=1S/C14H22N2O3S/c1-11(15)12-7-5-6-10-16(12)20(17,18)14-9-4-3-8-13(14)19-2/h3-4,8-9,11-12H,5-7,10,15H2,1-2H3/t11-,12+/m0/s1. The van der Waals surface area contributed by atoms with Crippen LogP contribution in [-0.2, 0) is 10.0 Å². The van der Waals surface area contributed by atoms with E-state index >= 15 is 0 Å². The lowest BCUT2D eigenvalue weighted by Gasteiger charge is -2.37. The Bertz CT molecular complexity index is 557. The van der Waals surface area contributed by atoms with Crippen LogP contribution in [0.25, 0.3) is 0 Å². The highest BCUT2D eigenvalue weighted by molar-refractivity contribution is 7.89. The van der Waals surface area contributed by atoms with Gasteiger partial charge < -0.3 is 10.5 Å². The molecule has 1 aliphatic heterocycles. The number of hydrogen-bond acceptors (Lipinski definition) is 4. The third kappa shape index (κ3) is 2.82. The van der Waals surface area contributed by atoms with Gasteiger partial charge in [-0.25, -0.2) is 8.42 Å². The van der Waals surface area contributed by atoms with Crippen LogP contribution in [0, 0.1) is 0 Å². The Morgan fingerprint density at radius 3 is 2.70 bits per heavy atom. The van der Waals surface area contributed by atoms with Crippen molar-refractivity contribution in [2.24, 2.45) is 5.73 Å². The van der Waals surface area contributed by atoms with Crippen molar-refractivity contribution in [2.75, 3.05) is 13.7 Å². The molecule has 2 atom stereocenters. The molecule has 2 N–H and O–H groups in total. The van der Waals surface area contributed by atoms with Crippen LogP contribution in [0.3, 0.4) is 0 Å². The van der Waals surface area contributed by atoms with E-state index < -0.39 is 10.0 Å². The monoisotopic (exact) mass is 298 g/mol. The van der Waals surface area contributed by atoms with Crippen LogP contribution in [-0.4, -0.2) is 38.5 Å². The van der Waals surface area contributed by atoms with E-state index in [0.29, 0.717) is 12.3 Å². The lowest BCUT2D eigenvalue weighted by molar-refractivity contribution is 0.226. The van der Waals surface area contributed by atoms with E-state index in [9.17, 15) is 8.42 Å². The van der Waals surface area contributed by atoms with Gasteiger partial charge in [-0.15, -0.1) is 0 Å². The maximum atomic E-state index is 12.9. The average Bonchev–Trinajstić information content (AvgIpc) is 2.47. The topological polar surface area (TPSA) is 72.6 Å². The minimum Gasteiger partial charge on any atom is -0.495 e. The Hall–Kier alpha value is -1.11. The Morgan fingerprint density at radius 2 is 2.05 bits per heavy atom. The molecule has 0 amide bonds. The van der Waals surface area contributed by atoms with Crippen molar-refractivity contribution >= 4 is 10.0 Å². The van der Waals surface area contributed by atoms with Crippen molar-refractivity contribution in [3.05, 3.63) is 24.3 Å². The van der Waals surface area contributed by atoms with Crippen LogP contribution in [0.5, 0.6) is 5.75 Å². The highest BCUT2D eigenvalue weighted by Crippen LogP contribution is 2.31. The molecule has 0 unspecified atom stereocenters. The number of benzene rings is 1. The molecular weight excluding hydrogens is 276 g/mol. The minimum absolute atomic E-state index is 0.140. The summed E-state index contributed by atoms with van der Waals surface area (Å²) in [5.74, 6) is 0.376. The van der Waals surface area contributed by atoms with Crippen LogP contribution in [0.1, 0.15) is 26.2 Å². The summed E-state index contributed by atoms with van der Waals surface area (Å²) in [6.07, 6.45) is 2.70. The van der Waals surface area contributed by atoms with Gasteiger partial charge in [0, 0.05) is 18.6 Å². The number of piperidine rings is 1. The molecule has 112 valence electrons. The summed E-state index contributed by atoms with van der Waals surface area (Å²) in [6.45, 7) is 2.38. The van der Waals surface area contributed by atoms with Gasteiger partial charge in [0.2, 0.25) is 10.0 Å². The van der Waals surface area contributed by atoms with E-state index in [0.717, 1.165) is 19.3 Å². The second kappa shape index (κ2) is 6.11. The van der Waals surface area contributed by atoms with Crippen LogP contribution in [0.15, 0.2) is 29.2 Å². The summed E-state index contributed by atoms with van der Waals surface area (Å²) in [5.41, 5.74) is 5.97. The molecule has 20 heavy (non-hydrogen) atoms. The highest BCUT2D eigenvalue weighted by atomic mass is 32.2. The first-order valence-electron chi connectivity index (χ1n) is 6.89. The summed E-state index contributed by atoms with van der Waals surface area (Å²) in [6, 6.07) is 6.40. The van der Waals surface area contributed by atoms with E-state index in [1.165, 1.54) is 7.11 Å². The zero-order chi connectivity index (χ0) is 14.8. The molecule has 1 aliphatic rings. The lowest BCUT2D eigenvalue weighted by atomic mass is 10.00. The first kappa shape index (κ1) is 15.3. The highest BCUT2D eigenvalue weighted by Gasteiger charge is 2.36. The van der Waals surface area contributed by atoms with Gasteiger partial charge in [-0.1, -0.05) is 18.6 Å². The molecule has 1 aromatic rings. The molecule has 1 aromatic carbocycles. The van der Waals surface area contributed by atoms with Crippen molar-refractivity contribution < 1.29 is 13.2 Å². The summed E-state index contributed by atoms with van der Waals surface area (Å²) in [7, 11) is -2.09. The summed E-state index contributed by atoms with van der Waals surface area (Å²) in [4.78, 5) is 0.218. The molecule has 1 fully saturated rings. The van der Waals surface area contributed by atoms with Gasteiger partial charge in [-0.05, 0) is 31.9 Å². The quantitative estimate of drug-likeness (QED) is 0.916. The van der Waals surface area contributed by atoms with Gasteiger partial charge in [-0.3, -0.25) is 0 Å². The maximum absolute atomic E-state index is 12.9. The fraction of sp³-hybridized carbons (Fsp3) is 0.571. The van der Waals surface area contributed by atoms with Gasteiger partial charge in [-0.2, -0.15) is 4.31 Å². The predicted octanol–water partition coefficient (Wildman–Crippen LogP) is 1.59. The summed E-state index contributed by atoms with van der Waals surface area (Å²) in [5, 5.41) is 0. The Labute approximate surface area is 120 Å². The van der Waals surface area contributed by atoms with Crippen LogP contribution < -0.4 is 10.5 Å². The Balaban J connectivity index is 2.42. The van der Waals surface area contributed by atoms with E-state index in [4.69, 9.17) is 10.5 Å². The molecule has 0 saturated carbocycles. The third-order valence-corrected chi connectivity index (χ3v) is 5.72. The summed E-state index contributed by atoms with van der Waals surface area (Å²) < 4.78 is 32.5. The number of ether oxygens (including phenoxy) is 1. The molecule has 0 aliphatic carbocycles. The smallest absolute Gasteiger partial charge is 0.247 e. The molecule has 2 rings (SSSR count). The molecule has 1 heterocycles. The fourth-order valence-corrected chi connectivity index (χ4v) is 4.64. The van der Waals surface area contributed by atoms with Crippen molar-refractivity contribution in [3.8, 4) is 5.75 Å². The second-order valence-corrected chi connectivity index (χ2v) is 7.05. The molecule has 0 bridgehead atoms. The fourth-order valence-electron chi connectivity index (χ4n) is 2.71. The molecule has 0 aromatic heterocycles.